The van der Waals surface area contributed by atoms with Crippen LogP contribution in [0.2, 0.25) is 0 Å². The van der Waals surface area contributed by atoms with Crippen molar-refractivity contribution in [1.29, 1.82) is 0 Å². The minimum absolute atomic E-state index is 0.163. The van der Waals surface area contributed by atoms with Gasteiger partial charge in [0.05, 0.1) is 5.92 Å². The predicted octanol–water partition coefficient (Wildman–Crippen LogP) is 2.54. The highest BCUT2D eigenvalue weighted by atomic mass is 16.2. The molecule has 1 fully saturated rings. The zero-order valence-corrected chi connectivity index (χ0v) is 10.6. The predicted molar refractivity (Wildman–Crippen MR) is 67.7 cm³/mol. The molecule has 1 aromatic carbocycles. The summed E-state index contributed by atoms with van der Waals surface area (Å²) < 4.78 is 0. The van der Waals surface area contributed by atoms with Gasteiger partial charge in [0.2, 0.25) is 11.8 Å². The number of piperidine rings is 1. The molecule has 0 bridgehead atoms. The number of hydrogen-bond donors (Lipinski definition) is 1. The van der Waals surface area contributed by atoms with Crippen LogP contribution in [0.3, 0.4) is 0 Å². The lowest BCUT2D eigenvalue weighted by Gasteiger charge is -2.21. The zero-order valence-electron chi connectivity index (χ0n) is 10.6. The average Bonchev–Trinajstić information content (AvgIpc) is 2.31. The van der Waals surface area contributed by atoms with Gasteiger partial charge in [-0.05, 0) is 18.9 Å². The summed E-state index contributed by atoms with van der Waals surface area (Å²) in [6, 6.07) is 7.87. The molecule has 1 aliphatic heterocycles. The van der Waals surface area contributed by atoms with Crippen LogP contribution in [0.25, 0.3) is 0 Å². The van der Waals surface area contributed by atoms with Gasteiger partial charge in [0, 0.05) is 6.42 Å². The second kappa shape index (κ2) is 6.18. The SMILES string of the molecule is CC.Cc1cccc(C2CCC(=O)NC2=O)c1. The highest BCUT2D eigenvalue weighted by Gasteiger charge is 2.27. The van der Waals surface area contributed by atoms with Gasteiger partial charge in [-0.25, -0.2) is 0 Å². The standard InChI is InChI=1S/C12H13NO2.C2H6/c1-8-3-2-4-9(7-8)10-5-6-11(14)13-12(10)15;1-2/h2-4,7,10H,5-6H2,1H3,(H,13,14,15);1-2H3. The first-order chi connectivity index (χ1) is 8.16. The molecule has 1 N–H and O–H groups in total. The number of rotatable bonds is 1. The first-order valence-corrected chi connectivity index (χ1v) is 6.07. The number of carbonyl (C=O) groups is 2. The maximum absolute atomic E-state index is 11.6. The van der Waals surface area contributed by atoms with Crippen molar-refractivity contribution in [3.05, 3.63) is 35.4 Å². The Hall–Kier alpha value is -1.64. The number of benzene rings is 1. The maximum atomic E-state index is 11.6. The number of amides is 2. The molecule has 1 saturated heterocycles. The van der Waals surface area contributed by atoms with E-state index < -0.39 is 0 Å². The third-order valence-corrected chi connectivity index (χ3v) is 2.68. The van der Waals surface area contributed by atoms with Crippen molar-refractivity contribution in [2.45, 2.75) is 39.5 Å². The van der Waals surface area contributed by atoms with E-state index >= 15 is 0 Å². The van der Waals surface area contributed by atoms with E-state index in [4.69, 9.17) is 0 Å². The van der Waals surface area contributed by atoms with Gasteiger partial charge >= 0.3 is 0 Å². The minimum atomic E-state index is -0.170. The Balaban J connectivity index is 0.000000686. The molecule has 1 aliphatic rings. The van der Waals surface area contributed by atoms with Crippen LogP contribution in [0.5, 0.6) is 0 Å². The molecule has 1 aromatic rings. The summed E-state index contributed by atoms with van der Waals surface area (Å²) in [5.74, 6) is -0.497. The molecule has 1 atom stereocenters. The molecule has 17 heavy (non-hydrogen) atoms. The first-order valence-electron chi connectivity index (χ1n) is 6.07. The fourth-order valence-corrected chi connectivity index (χ4v) is 1.90. The normalized spacial score (nSPS) is 19.1. The lowest BCUT2D eigenvalue weighted by Crippen LogP contribution is -2.39. The molecular formula is C14H19NO2. The second-order valence-corrected chi connectivity index (χ2v) is 3.92. The summed E-state index contributed by atoms with van der Waals surface area (Å²) >= 11 is 0. The third-order valence-electron chi connectivity index (χ3n) is 2.68. The van der Waals surface area contributed by atoms with Crippen molar-refractivity contribution >= 4 is 11.8 Å². The van der Waals surface area contributed by atoms with E-state index in [1.807, 2.05) is 45.0 Å². The Bertz CT molecular complexity index is 412. The number of imide groups is 1. The van der Waals surface area contributed by atoms with Crippen LogP contribution in [-0.4, -0.2) is 11.8 Å². The van der Waals surface area contributed by atoms with Gasteiger partial charge in [-0.15, -0.1) is 0 Å². The van der Waals surface area contributed by atoms with Gasteiger partial charge in [0.15, 0.2) is 0 Å². The Kier molecular flexibility index (Phi) is 4.88. The number of aryl methyl sites for hydroxylation is 1. The van der Waals surface area contributed by atoms with Crippen molar-refractivity contribution in [2.75, 3.05) is 0 Å². The topological polar surface area (TPSA) is 46.2 Å². The van der Waals surface area contributed by atoms with E-state index in [2.05, 4.69) is 5.32 Å². The van der Waals surface area contributed by atoms with E-state index in [0.29, 0.717) is 12.8 Å². The van der Waals surface area contributed by atoms with Crippen LogP contribution < -0.4 is 5.32 Å². The molecule has 0 aliphatic carbocycles. The fourth-order valence-electron chi connectivity index (χ4n) is 1.90. The largest absolute Gasteiger partial charge is 0.296 e. The fraction of sp³-hybridized carbons (Fsp3) is 0.429. The molecule has 0 saturated carbocycles. The summed E-state index contributed by atoms with van der Waals surface area (Å²) in [6.07, 6.45) is 1.05. The van der Waals surface area contributed by atoms with Gasteiger partial charge in [0.1, 0.15) is 0 Å². The zero-order chi connectivity index (χ0) is 12.8. The number of carbonyl (C=O) groups excluding carboxylic acids is 2. The summed E-state index contributed by atoms with van der Waals surface area (Å²) in [4.78, 5) is 22.6. The van der Waals surface area contributed by atoms with Crippen molar-refractivity contribution in [3.8, 4) is 0 Å². The van der Waals surface area contributed by atoms with E-state index in [1.165, 1.54) is 0 Å². The monoisotopic (exact) mass is 233 g/mol. The highest BCUT2D eigenvalue weighted by Crippen LogP contribution is 2.24. The van der Waals surface area contributed by atoms with E-state index in [1.54, 1.807) is 0 Å². The molecule has 2 amide bonds. The molecule has 0 radical (unpaired) electrons. The maximum Gasteiger partial charge on any atom is 0.234 e. The van der Waals surface area contributed by atoms with Gasteiger partial charge in [-0.2, -0.15) is 0 Å². The van der Waals surface area contributed by atoms with Crippen molar-refractivity contribution in [1.82, 2.24) is 5.32 Å². The van der Waals surface area contributed by atoms with Gasteiger partial charge in [0.25, 0.3) is 0 Å². The number of nitrogens with one attached hydrogen (secondary N) is 1. The van der Waals surface area contributed by atoms with E-state index in [9.17, 15) is 9.59 Å². The molecular weight excluding hydrogens is 214 g/mol. The minimum Gasteiger partial charge on any atom is -0.296 e. The van der Waals surface area contributed by atoms with Crippen LogP contribution in [0.1, 0.15) is 43.7 Å². The molecule has 0 spiro atoms. The van der Waals surface area contributed by atoms with Crippen molar-refractivity contribution in [2.24, 2.45) is 0 Å². The van der Waals surface area contributed by atoms with Gasteiger partial charge in [-0.1, -0.05) is 43.7 Å². The third kappa shape index (κ3) is 3.41. The van der Waals surface area contributed by atoms with Crippen LogP contribution in [-0.2, 0) is 9.59 Å². The Morgan fingerprint density at radius 2 is 1.94 bits per heavy atom. The highest BCUT2D eigenvalue weighted by molar-refractivity contribution is 6.00. The molecule has 1 unspecified atom stereocenters. The van der Waals surface area contributed by atoms with E-state index in [0.717, 1.165) is 11.1 Å². The Morgan fingerprint density at radius 3 is 2.53 bits per heavy atom. The van der Waals surface area contributed by atoms with Crippen LogP contribution in [0, 0.1) is 6.92 Å². The number of hydrogen-bond acceptors (Lipinski definition) is 2. The summed E-state index contributed by atoms with van der Waals surface area (Å²) in [6.45, 7) is 6.00. The lowest BCUT2D eigenvalue weighted by atomic mass is 9.90. The molecule has 1 heterocycles. The van der Waals surface area contributed by atoms with Crippen molar-refractivity contribution < 1.29 is 9.59 Å². The molecule has 2 rings (SSSR count). The smallest absolute Gasteiger partial charge is 0.234 e. The summed E-state index contributed by atoms with van der Waals surface area (Å²) in [5.41, 5.74) is 2.14. The lowest BCUT2D eigenvalue weighted by molar-refractivity contribution is -0.134. The Morgan fingerprint density at radius 1 is 1.24 bits per heavy atom. The van der Waals surface area contributed by atoms with Gasteiger partial charge < -0.3 is 0 Å². The quantitative estimate of drug-likeness (QED) is 0.758. The average molecular weight is 233 g/mol. The first kappa shape index (κ1) is 13.4. The summed E-state index contributed by atoms with van der Waals surface area (Å²) in [7, 11) is 0. The van der Waals surface area contributed by atoms with E-state index in [-0.39, 0.29) is 17.7 Å². The second-order valence-electron chi connectivity index (χ2n) is 3.92. The molecule has 3 heteroatoms. The van der Waals surface area contributed by atoms with Crippen LogP contribution in [0.15, 0.2) is 24.3 Å². The molecule has 92 valence electrons. The van der Waals surface area contributed by atoms with Crippen LogP contribution >= 0.6 is 0 Å². The van der Waals surface area contributed by atoms with Gasteiger partial charge in [-0.3, -0.25) is 14.9 Å². The molecule has 0 aromatic heterocycles. The molecule has 3 nitrogen and oxygen atoms in total. The Labute approximate surface area is 102 Å². The van der Waals surface area contributed by atoms with Crippen molar-refractivity contribution in [3.63, 3.8) is 0 Å². The van der Waals surface area contributed by atoms with Crippen LogP contribution in [0.4, 0.5) is 0 Å². The summed E-state index contributed by atoms with van der Waals surface area (Å²) in [5, 5.41) is 2.37.